The molecule has 0 bridgehead atoms. The molecule has 8 heteroatoms. The summed E-state index contributed by atoms with van der Waals surface area (Å²) in [7, 11) is -3.28. The number of fused-ring (bicyclic) bond motifs is 2. The zero-order valence-electron chi connectivity index (χ0n) is 15.1. The lowest BCUT2D eigenvalue weighted by atomic mass is 9.74. The molecule has 3 heterocycles. The predicted octanol–water partition coefficient (Wildman–Crippen LogP) is 2.18. The molecule has 144 valence electrons. The zero-order valence-corrected chi connectivity index (χ0v) is 16.7. The van der Waals surface area contributed by atoms with Gasteiger partial charge in [0.2, 0.25) is 0 Å². The van der Waals surface area contributed by atoms with E-state index < -0.39 is 9.84 Å². The van der Waals surface area contributed by atoms with Gasteiger partial charge in [-0.2, -0.15) is 0 Å². The van der Waals surface area contributed by atoms with Crippen molar-refractivity contribution in [2.45, 2.75) is 29.0 Å². The summed E-state index contributed by atoms with van der Waals surface area (Å²) in [5.41, 5.74) is 8.01. The summed E-state index contributed by atoms with van der Waals surface area (Å²) in [6.45, 7) is 2.38. The first-order valence-corrected chi connectivity index (χ1v) is 11.6. The highest BCUT2D eigenvalue weighted by atomic mass is 32.2. The number of carbonyl (C=O) groups excluding carboxylic acids is 1. The molecule has 1 saturated heterocycles. The van der Waals surface area contributed by atoms with Gasteiger partial charge in [0, 0.05) is 36.9 Å². The van der Waals surface area contributed by atoms with Gasteiger partial charge in [-0.25, -0.2) is 8.42 Å². The first-order valence-electron chi connectivity index (χ1n) is 8.88. The highest BCUT2D eigenvalue weighted by Gasteiger charge is 2.44. The van der Waals surface area contributed by atoms with Gasteiger partial charge in [-0.05, 0) is 36.6 Å². The van der Waals surface area contributed by atoms with Gasteiger partial charge in [0.1, 0.15) is 9.96 Å². The van der Waals surface area contributed by atoms with E-state index in [0.717, 1.165) is 41.7 Å². The van der Waals surface area contributed by atoms with Gasteiger partial charge in [0.05, 0.1) is 11.5 Å². The van der Waals surface area contributed by atoms with Crippen molar-refractivity contribution in [2.24, 2.45) is 5.73 Å². The molecule has 1 aromatic heterocycles. The molecule has 1 fully saturated rings. The summed E-state index contributed by atoms with van der Waals surface area (Å²) in [5.74, 6) is 0.822. The van der Waals surface area contributed by atoms with Crippen LogP contribution in [0.3, 0.4) is 0 Å². The average molecular weight is 407 g/mol. The average Bonchev–Trinajstić information content (AvgIpc) is 3.28. The van der Waals surface area contributed by atoms with Gasteiger partial charge in [-0.1, -0.05) is 12.1 Å². The van der Waals surface area contributed by atoms with Crippen LogP contribution in [0.1, 0.15) is 33.6 Å². The largest absolute Gasteiger partial charge is 0.492 e. The molecule has 27 heavy (non-hydrogen) atoms. The number of rotatable bonds is 3. The number of benzene rings is 1. The molecule has 2 aliphatic heterocycles. The van der Waals surface area contributed by atoms with Crippen LogP contribution in [-0.4, -0.2) is 45.2 Å². The Morgan fingerprint density at radius 2 is 2.00 bits per heavy atom. The summed E-state index contributed by atoms with van der Waals surface area (Å²) in [6, 6.07) is 9.23. The second-order valence-corrected chi connectivity index (χ2v) is 10.6. The van der Waals surface area contributed by atoms with Crippen LogP contribution in [0.2, 0.25) is 0 Å². The number of nitrogens with zero attached hydrogens (tertiary/aromatic N) is 1. The molecule has 0 unspecified atom stereocenters. The van der Waals surface area contributed by atoms with Crippen molar-refractivity contribution in [3.8, 4) is 5.75 Å². The summed E-state index contributed by atoms with van der Waals surface area (Å²) >= 11 is 1.04. The van der Waals surface area contributed by atoms with Crippen LogP contribution in [0, 0.1) is 0 Å². The van der Waals surface area contributed by atoms with E-state index in [-0.39, 0.29) is 15.5 Å². The maximum absolute atomic E-state index is 12.8. The molecule has 0 aliphatic carbocycles. The molecule has 2 N–H and O–H groups in total. The Bertz CT molecular complexity index is 989. The van der Waals surface area contributed by atoms with E-state index in [0.29, 0.717) is 31.1 Å². The third kappa shape index (κ3) is 3.26. The third-order valence-corrected chi connectivity index (χ3v) is 8.41. The van der Waals surface area contributed by atoms with E-state index in [2.05, 4.69) is 6.07 Å². The molecule has 1 amide bonds. The quantitative estimate of drug-likeness (QED) is 0.844. The SMILES string of the molecule is CS(=O)(=O)c1ccc(C(=O)N2CCC3(CC2)COc2ccc(CN)cc23)s1. The fourth-order valence-corrected chi connectivity index (χ4v) is 5.78. The monoisotopic (exact) mass is 406 g/mol. The van der Waals surface area contributed by atoms with E-state index in [1.165, 1.54) is 11.6 Å². The zero-order chi connectivity index (χ0) is 19.2. The molecule has 0 radical (unpaired) electrons. The predicted molar refractivity (Wildman–Crippen MR) is 104 cm³/mol. The molecule has 2 aromatic rings. The number of likely N-dealkylation sites (tertiary alicyclic amines) is 1. The van der Waals surface area contributed by atoms with Gasteiger partial charge in [0.25, 0.3) is 5.91 Å². The van der Waals surface area contributed by atoms with Crippen molar-refractivity contribution in [3.05, 3.63) is 46.3 Å². The topological polar surface area (TPSA) is 89.7 Å². The lowest BCUT2D eigenvalue weighted by molar-refractivity contribution is 0.0651. The van der Waals surface area contributed by atoms with Crippen LogP contribution in [0.5, 0.6) is 5.75 Å². The Morgan fingerprint density at radius 1 is 1.26 bits per heavy atom. The molecular weight excluding hydrogens is 384 g/mol. The van der Waals surface area contributed by atoms with Gasteiger partial charge in [0.15, 0.2) is 9.84 Å². The first kappa shape index (κ1) is 18.5. The normalized spacial score (nSPS) is 18.4. The second kappa shape index (κ2) is 6.61. The van der Waals surface area contributed by atoms with E-state index >= 15 is 0 Å². The van der Waals surface area contributed by atoms with Gasteiger partial charge >= 0.3 is 0 Å². The fraction of sp³-hybridized carbons (Fsp3) is 0.421. The van der Waals surface area contributed by atoms with Crippen molar-refractivity contribution in [1.29, 1.82) is 0 Å². The minimum atomic E-state index is -3.28. The van der Waals surface area contributed by atoms with E-state index in [1.54, 1.807) is 6.07 Å². The number of nitrogens with two attached hydrogens (primary N) is 1. The fourth-order valence-electron chi connectivity index (χ4n) is 3.88. The Labute approximate surface area is 162 Å². The number of hydrogen-bond acceptors (Lipinski definition) is 6. The van der Waals surface area contributed by atoms with Crippen LogP contribution in [0.15, 0.2) is 34.5 Å². The lowest BCUT2D eigenvalue weighted by Gasteiger charge is -2.38. The van der Waals surface area contributed by atoms with Gasteiger partial charge < -0.3 is 15.4 Å². The standard InChI is InChI=1S/C19H22N2O4S2/c1-27(23,24)17-5-4-16(26-17)18(22)21-8-6-19(7-9-21)12-25-15-3-2-13(11-20)10-14(15)19/h2-5,10H,6-9,11-12,20H2,1H3. The first-order chi connectivity index (χ1) is 12.8. The Balaban J connectivity index is 1.50. The molecular formula is C19H22N2O4S2. The second-order valence-electron chi connectivity index (χ2n) is 7.29. The Hall–Kier alpha value is -1.90. The smallest absolute Gasteiger partial charge is 0.263 e. The van der Waals surface area contributed by atoms with Crippen molar-refractivity contribution in [3.63, 3.8) is 0 Å². The van der Waals surface area contributed by atoms with Gasteiger partial charge in [-0.15, -0.1) is 11.3 Å². The van der Waals surface area contributed by atoms with Crippen molar-refractivity contribution < 1.29 is 17.9 Å². The van der Waals surface area contributed by atoms with Crippen LogP contribution in [0.4, 0.5) is 0 Å². The number of sulfone groups is 1. The van der Waals surface area contributed by atoms with E-state index in [4.69, 9.17) is 10.5 Å². The van der Waals surface area contributed by atoms with Crippen LogP contribution < -0.4 is 10.5 Å². The highest BCUT2D eigenvalue weighted by molar-refractivity contribution is 7.92. The summed E-state index contributed by atoms with van der Waals surface area (Å²) in [4.78, 5) is 15.1. The minimum Gasteiger partial charge on any atom is -0.492 e. The highest BCUT2D eigenvalue weighted by Crippen LogP contribution is 2.46. The van der Waals surface area contributed by atoms with Crippen LogP contribution in [-0.2, 0) is 21.8 Å². The maximum atomic E-state index is 12.8. The molecule has 1 aromatic carbocycles. The van der Waals surface area contributed by atoms with Crippen LogP contribution >= 0.6 is 11.3 Å². The van der Waals surface area contributed by atoms with Crippen molar-refractivity contribution >= 4 is 27.1 Å². The molecule has 1 spiro atoms. The van der Waals surface area contributed by atoms with E-state index in [9.17, 15) is 13.2 Å². The number of thiophene rings is 1. The molecule has 2 aliphatic rings. The number of piperidine rings is 1. The summed E-state index contributed by atoms with van der Waals surface area (Å²) in [6.07, 6.45) is 2.80. The molecule has 0 atom stereocenters. The lowest BCUT2D eigenvalue weighted by Crippen LogP contribution is -2.45. The molecule has 6 nitrogen and oxygen atoms in total. The number of ether oxygens (including phenoxy) is 1. The molecule has 4 rings (SSSR count). The summed E-state index contributed by atoms with van der Waals surface area (Å²) in [5, 5.41) is 0. The van der Waals surface area contributed by atoms with Crippen LogP contribution in [0.25, 0.3) is 0 Å². The van der Waals surface area contributed by atoms with Crippen molar-refractivity contribution in [2.75, 3.05) is 26.0 Å². The number of carbonyl (C=O) groups is 1. The minimum absolute atomic E-state index is 0.0648. The Kier molecular flexibility index (Phi) is 4.52. The third-order valence-electron chi connectivity index (χ3n) is 5.52. The van der Waals surface area contributed by atoms with E-state index in [1.807, 2.05) is 17.0 Å². The number of hydrogen-bond donors (Lipinski definition) is 1. The Morgan fingerprint density at radius 3 is 2.63 bits per heavy atom. The summed E-state index contributed by atoms with van der Waals surface area (Å²) < 4.78 is 29.4. The van der Waals surface area contributed by atoms with Gasteiger partial charge in [-0.3, -0.25) is 4.79 Å². The molecule has 0 saturated carbocycles. The van der Waals surface area contributed by atoms with Crippen molar-refractivity contribution in [1.82, 2.24) is 4.90 Å². The maximum Gasteiger partial charge on any atom is 0.263 e. The number of amides is 1.